The van der Waals surface area contributed by atoms with Crippen LogP contribution in [0.5, 0.6) is 0 Å². The normalized spacial score (nSPS) is 14.5. The zero-order chi connectivity index (χ0) is 31.7. The Bertz CT molecular complexity index is 1320. The number of alkyl halides is 9. The summed E-state index contributed by atoms with van der Waals surface area (Å²) in [6.45, 7) is -0.781. The van der Waals surface area contributed by atoms with Crippen LogP contribution in [0.3, 0.4) is 0 Å². The van der Waals surface area contributed by atoms with E-state index < -0.39 is 87.0 Å². The Morgan fingerprint density at radius 1 is 0.951 bits per heavy atom. The maximum atomic E-state index is 15.0. The van der Waals surface area contributed by atoms with Crippen molar-refractivity contribution in [3.8, 4) is 0 Å². The Hall–Kier alpha value is -2.71. The molecular formula is C24H17Cl3F10N2O2. The van der Waals surface area contributed by atoms with Crippen molar-refractivity contribution in [1.82, 2.24) is 10.2 Å². The van der Waals surface area contributed by atoms with Crippen molar-refractivity contribution < 1.29 is 53.5 Å². The average molecular weight is 662 g/mol. The second-order valence-corrected chi connectivity index (χ2v) is 9.79. The van der Waals surface area contributed by atoms with Gasteiger partial charge in [-0.3, -0.25) is 9.59 Å². The highest BCUT2D eigenvalue weighted by Crippen LogP contribution is 2.42. The maximum absolute atomic E-state index is 15.0. The topological polar surface area (TPSA) is 49.4 Å². The number of amides is 2. The van der Waals surface area contributed by atoms with Crippen LogP contribution in [-0.4, -0.2) is 48.7 Å². The van der Waals surface area contributed by atoms with Crippen LogP contribution in [0.1, 0.15) is 39.9 Å². The van der Waals surface area contributed by atoms with E-state index in [2.05, 4.69) is 0 Å². The lowest BCUT2D eigenvalue weighted by molar-refractivity contribution is -0.159. The van der Waals surface area contributed by atoms with E-state index in [1.165, 1.54) is 0 Å². The van der Waals surface area contributed by atoms with Gasteiger partial charge in [0.1, 0.15) is 24.3 Å². The van der Waals surface area contributed by atoms with Crippen LogP contribution in [-0.2, 0) is 11.0 Å². The number of nitrogens with one attached hydrogen (secondary N) is 1. The van der Waals surface area contributed by atoms with Gasteiger partial charge >= 0.3 is 18.5 Å². The van der Waals surface area contributed by atoms with Gasteiger partial charge in [-0.1, -0.05) is 40.9 Å². The molecule has 2 rings (SSSR count). The number of halogens is 13. The summed E-state index contributed by atoms with van der Waals surface area (Å²) in [5.74, 6) is -7.33. The van der Waals surface area contributed by atoms with Gasteiger partial charge in [0.15, 0.2) is 0 Å². The van der Waals surface area contributed by atoms with Crippen molar-refractivity contribution in [1.29, 1.82) is 0 Å². The lowest BCUT2D eigenvalue weighted by Gasteiger charge is -2.23. The molecule has 0 spiro atoms. The van der Waals surface area contributed by atoms with Crippen molar-refractivity contribution in [2.75, 3.05) is 13.6 Å². The number of hydrogen-bond acceptors (Lipinski definition) is 2. The molecule has 2 atom stereocenters. The fourth-order valence-corrected chi connectivity index (χ4v) is 4.13. The molecule has 2 aromatic rings. The fraction of sp³-hybridized carbons (Fsp3) is 0.333. The third kappa shape index (κ3) is 9.14. The maximum Gasteiger partial charge on any atom is 0.417 e. The Kier molecular flexibility index (Phi) is 10.6. The van der Waals surface area contributed by atoms with E-state index in [9.17, 15) is 53.5 Å². The Labute approximate surface area is 240 Å². The Balaban J connectivity index is 2.47. The van der Waals surface area contributed by atoms with Gasteiger partial charge in [-0.2, -0.15) is 39.5 Å². The summed E-state index contributed by atoms with van der Waals surface area (Å²) in [5.41, 5.74) is -4.63. The van der Waals surface area contributed by atoms with Gasteiger partial charge in [-0.25, -0.2) is 4.39 Å². The quantitative estimate of drug-likeness (QED) is 0.239. The first-order valence-corrected chi connectivity index (χ1v) is 12.1. The average Bonchev–Trinajstić information content (AvgIpc) is 2.82. The molecule has 0 saturated carbocycles. The van der Waals surface area contributed by atoms with Gasteiger partial charge in [0.05, 0.1) is 26.2 Å². The predicted octanol–water partition coefficient (Wildman–Crippen LogP) is 8.46. The van der Waals surface area contributed by atoms with Crippen molar-refractivity contribution in [3.05, 3.63) is 73.7 Å². The van der Waals surface area contributed by atoms with E-state index in [0.717, 1.165) is 26.1 Å². The van der Waals surface area contributed by atoms with Crippen LogP contribution in [0.4, 0.5) is 43.9 Å². The highest BCUT2D eigenvalue weighted by Gasteiger charge is 2.41. The number of hydrogen-bond donors (Lipinski definition) is 1. The lowest BCUT2D eigenvalue weighted by Crippen LogP contribution is -2.48. The molecule has 0 radical (unpaired) electrons. The van der Waals surface area contributed by atoms with Crippen LogP contribution in [0, 0.1) is 0 Å². The van der Waals surface area contributed by atoms with E-state index in [1.807, 2.05) is 5.32 Å². The number of benzene rings is 2. The van der Waals surface area contributed by atoms with E-state index in [4.69, 9.17) is 34.8 Å². The van der Waals surface area contributed by atoms with Crippen LogP contribution >= 0.6 is 34.8 Å². The summed E-state index contributed by atoms with van der Waals surface area (Å²) in [5, 5.41) is 0.741. The third-order valence-corrected chi connectivity index (χ3v) is 6.58. The summed E-state index contributed by atoms with van der Waals surface area (Å²) < 4.78 is 135. The van der Waals surface area contributed by atoms with Gasteiger partial charge < -0.3 is 10.2 Å². The summed E-state index contributed by atoms with van der Waals surface area (Å²) >= 11 is 17.2. The lowest BCUT2D eigenvalue weighted by atomic mass is 9.95. The monoisotopic (exact) mass is 660 g/mol. The molecule has 4 nitrogen and oxygen atoms in total. The van der Waals surface area contributed by atoms with Crippen LogP contribution in [0.2, 0.25) is 15.1 Å². The smallest absolute Gasteiger partial charge is 0.341 e. The van der Waals surface area contributed by atoms with Crippen molar-refractivity contribution in [2.45, 2.75) is 37.4 Å². The molecular weight excluding hydrogens is 645 g/mol. The first-order chi connectivity index (χ1) is 18.5. The fourth-order valence-electron chi connectivity index (χ4n) is 3.52. The zero-order valence-corrected chi connectivity index (χ0v) is 22.8. The molecule has 0 aliphatic rings. The molecule has 2 aromatic carbocycles. The molecule has 0 bridgehead atoms. The predicted molar refractivity (Wildman–Crippen MR) is 131 cm³/mol. The van der Waals surface area contributed by atoms with Crippen molar-refractivity contribution in [2.24, 2.45) is 0 Å². The molecule has 0 saturated heterocycles. The number of likely N-dealkylation sites (N-methyl/N-ethyl adjacent to an activating group) is 1. The van der Waals surface area contributed by atoms with Crippen LogP contribution in [0.25, 0.3) is 5.83 Å². The summed E-state index contributed by atoms with van der Waals surface area (Å²) in [7, 11) is 0.754. The molecule has 0 aromatic heterocycles. The SMILES string of the molecule is C[C@@H](NC(=O)c1ccc(/C(F)=C/C(c2cc(Cl)c(Cl)c(Cl)c2)C(F)(F)F)cc1C(F)(F)F)C(=O)N(C)CC(F)(F)F. The molecule has 1 unspecified atom stereocenters. The minimum Gasteiger partial charge on any atom is -0.341 e. The molecule has 41 heavy (non-hydrogen) atoms. The van der Waals surface area contributed by atoms with Crippen LogP contribution in [0.15, 0.2) is 36.4 Å². The minimum atomic E-state index is -5.34. The number of carbonyl (C=O) groups is 2. The Morgan fingerprint density at radius 3 is 1.95 bits per heavy atom. The van der Waals surface area contributed by atoms with Gasteiger partial charge in [-0.15, -0.1) is 0 Å². The molecule has 0 heterocycles. The molecule has 226 valence electrons. The molecule has 0 aliphatic heterocycles. The summed E-state index contributed by atoms with van der Waals surface area (Å²) in [6, 6.07) is 0.877. The molecule has 1 N–H and O–H groups in total. The largest absolute Gasteiger partial charge is 0.417 e. The summed E-state index contributed by atoms with van der Waals surface area (Å²) in [6.07, 6.45) is -15.3. The number of carbonyl (C=O) groups excluding carboxylic acids is 2. The molecule has 0 aliphatic carbocycles. The number of allylic oxidation sites excluding steroid dienone is 1. The molecule has 0 fully saturated rings. The highest BCUT2D eigenvalue weighted by atomic mass is 35.5. The van der Waals surface area contributed by atoms with Gasteiger partial charge in [-0.05, 0) is 42.8 Å². The number of rotatable bonds is 7. The molecule has 2 amide bonds. The first kappa shape index (κ1) is 34.5. The first-order valence-electron chi connectivity index (χ1n) is 11.0. The van der Waals surface area contributed by atoms with Gasteiger partial charge in [0.2, 0.25) is 5.91 Å². The van der Waals surface area contributed by atoms with E-state index >= 15 is 0 Å². The highest BCUT2D eigenvalue weighted by molar-refractivity contribution is 6.48. The third-order valence-electron chi connectivity index (χ3n) is 5.39. The van der Waals surface area contributed by atoms with Crippen molar-refractivity contribution in [3.63, 3.8) is 0 Å². The van der Waals surface area contributed by atoms with Crippen LogP contribution < -0.4 is 5.32 Å². The van der Waals surface area contributed by atoms with Gasteiger partial charge in [0, 0.05) is 12.6 Å². The second kappa shape index (κ2) is 12.7. The molecule has 17 heteroatoms. The standard InChI is InChI=1S/C24H17Cl3F10N2O2/c1-10(21(41)39(2)9-22(29,30)31)38-20(40)13-4-3-11(5-15(13)24(35,36)37)18(28)8-14(23(32,33)34)12-6-16(25)19(27)17(26)7-12/h3-8,10,14H,9H2,1-2H3,(H,38,40)/b18-8-/t10-,14?/m1/s1. The zero-order valence-electron chi connectivity index (χ0n) is 20.5. The second-order valence-electron chi connectivity index (χ2n) is 8.60. The Morgan fingerprint density at radius 2 is 1.49 bits per heavy atom. The van der Waals surface area contributed by atoms with Gasteiger partial charge in [0.25, 0.3) is 5.91 Å². The van der Waals surface area contributed by atoms with E-state index in [0.29, 0.717) is 12.1 Å². The van der Waals surface area contributed by atoms with E-state index in [1.54, 1.807) is 0 Å². The summed E-state index contributed by atoms with van der Waals surface area (Å²) in [4.78, 5) is 24.8. The number of nitrogens with zero attached hydrogens (tertiary/aromatic N) is 1. The van der Waals surface area contributed by atoms with E-state index in [-0.39, 0.29) is 22.1 Å². The minimum absolute atomic E-state index is 0.0254. The van der Waals surface area contributed by atoms with Crippen molar-refractivity contribution >= 4 is 52.4 Å².